The second-order valence-corrected chi connectivity index (χ2v) is 4.42. The molecular weight excluding hydrogens is 208 g/mol. The number of rotatable bonds is 4. The van der Waals surface area contributed by atoms with Gasteiger partial charge in [-0.05, 0) is 12.1 Å². The zero-order valence-corrected chi connectivity index (χ0v) is 9.01. The number of benzene rings is 1. The molecule has 1 amide bonds. The van der Waals surface area contributed by atoms with Gasteiger partial charge in [0.25, 0.3) is 0 Å². The number of carbonyl (C=O) groups excluding carboxylic acids is 1. The predicted octanol–water partition coefficient (Wildman–Crippen LogP) is 2.14. The van der Waals surface area contributed by atoms with Crippen molar-refractivity contribution in [3.8, 4) is 0 Å². The number of nitrogens with two attached hydrogens (primary N) is 1. The summed E-state index contributed by atoms with van der Waals surface area (Å²) in [6.07, 6.45) is 0.417. The molecule has 0 radical (unpaired) electrons. The third kappa shape index (κ3) is 2.53. The first kappa shape index (κ1) is 10.1. The zero-order valence-electron chi connectivity index (χ0n) is 8.19. The number of thioether (sulfide) groups is 1. The van der Waals surface area contributed by atoms with E-state index in [0.717, 1.165) is 16.3 Å². The van der Waals surface area contributed by atoms with Crippen LogP contribution in [0.4, 0.5) is 0 Å². The van der Waals surface area contributed by atoms with E-state index >= 15 is 0 Å². The van der Waals surface area contributed by atoms with Gasteiger partial charge in [-0.2, -0.15) is 0 Å². The lowest BCUT2D eigenvalue weighted by molar-refractivity contribution is -0.117. The summed E-state index contributed by atoms with van der Waals surface area (Å²) in [5.41, 5.74) is 6.19. The summed E-state index contributed by atoms with van der Waals surface area (Å²) < 4.78 is 0. The highest BCUT2D eigenvalue weighted by Crippen LogP contribution is 2.23. The van der Waals surface area contributed by atoms with Crippen molar-refractivity contribution in [3.63, 3.8) is 0 Å². The second kappa shape index (κ2) is 4.40. The summed E-state index contributed by atoms with van der Waals surface area (Å²) in [4.78, 5) is 13.8. The molecule has 1 heterocycles. The Kier molecular flexibility index (Phi) is 2.97. The van der Waals surface area contributed by atoms with E-state index < -0.39 is 0 Å². The van der Waals surface area contributed by atoms with E-state index in [1.54, 1.807) is 11.8 Å². The molecule has 0 saturated carbocycles. The van der Waals surface area contributed by atoms with Gasteiger partial charge in [0, 0.05) is 23.1 Å². The maximum atomic E-state index is 10.6. The van der Waals surface area contributed by atoms with Crippen LogP contribution in [0.15, 0.2) is 35.4 Å². The van der Waals surface area contributed by atoms with Crippen LogP contribution in [-0.4, -0.2) is 16.6 Å². The number of amides is 1. The lowest BCUT2D eigenvalue weighted by atomic mass is 10.3. The Bertz CT molecular complexity index is 445. The van der Waals surface area contributed by atoms with Gasteiger partial charge in [0.05, 0.1) is 5.03 Å². The summed E-state index contributed by atoms with van der Waals surface area (Å²) >= 11 is 1.62. The van der Waals surface area contributed by atoms with Crippen molar-refractivity contribution in [2.45, 2.75) is 11.4 Å². The average Bonchev–Trinajstić information content (AvgIpc) is 2.59. The Morgan fingerprint density at radius 2 is 2.20 bits per heavy atom. The number of nitrogens with one attached hydrogen (secondary N) is 1. The molecule has 1 aromatic carbocycles. The van der Waals surface area contributed by atoms with Crippen molar-refractivity contribution in [3.05, 3.63) is 30.3 Å². The van der Waals surface area contributed by atoms with Crippen molar-refractivity contribution >= 4 is 28.6 Å². The first-order valence-corrected chi connectivity index (χ1v) is 5.73. The van der Waals surface area contributed by atoms with Crippen molar-refractivity contribution in [1.82, 2.24) is 4.98 Å². The molecule has 0 bridgehead atoms. The normalized spacial score (nSPS) is 10.7. The van der Waals surface area contributed by atoms with Crippen LogP contribution in [0, 0.1) is 0 Å². The minimum Gasteiger partial charge on any atom is -0.370 e. The van der Waals surface area contributed by atoms with Crippen LogP contribution in [0.1, 0.15) is 6.42 Å². The third-order valence-corrected chi connectivity index (χ3v) is 3.05. The Morgan fingerprint density at radius 1 is 1.40 bits per heavy atom. The quantitative estimate of drug-likeness (QED) is 0.775. The van der Waals surface area contributed by atoms with Gasteiger partial charge in [-0.15, -0.1) is 11.8 Å². The minimum atomic E-state index is -0.251. The molecule has 3 N–H and O–H groups in total. The van der Waals surface area contributed by atoms with Gasteiger partial charge < -0.3 is 10.7 Å². The number of para-hydroxylation sites is 1. The first-order valence-electron chi connectivity index (χ1n) is 4.74. The highest BCUT2D eigenvalue weighted by atomic mass is 32.2. The van der Waals surface area contributed by atoms with Gasteiger partial charge >= 0.3 is 0 Å². The summed E-state index contributed by atoms with van der Waals surface area (Å²) in [6, 6.07) is 10.2. The maximum absolute atomic E-state index is 10.6. The predicted molar refractivity (Wildman–Crippen MR) is 62.8 cm³/mol. The molecule has 0 aliphatic heterocycles. The molecule has 2 aromatic rings. The summed E-state index contributed by atoms with van der Waals surface area (Å²) in [5, 5.41) is 2.27. The lowest BCUT2D eigenvalue weighted by Crippen LogP contribution is -2.10. The fourth-order valence-electron chi connectivity index (χ4n) is 1.39. The molecule has 0 unspecified atom stereocenters. The van der Waals surface area contributed by atoms with Gasteiger partial charge in [0.15, 0.2) is 0 Å². The number of hydrogen-bond donors (Lipinski definition) is 2. The Labute approximate surface area is 92.0 Å². The minimum absolute atomic E-state index is 0.251. The van der Waals surface area contributed by atoms with Crippen LogP contribution in [0.3, 0.4) is 0 Å². The fraction of sp³-hybridized carbons (Fsp3) is 0.182. The second-order valence-electron chi connectivity index (χ2n) is 3.29. The van der Waals surface area contributed by atoms with Gasteiger partial charge in [-0.25, -0.2) is 0 Å². The molecular formula is C11H12N2OS. The van der Waals surface area contributed by atoms with E-state index in [2.05, 4.69) is 17.1 Å². The van der Waals surface area contributed by atoms with E-state index in [1.807, 2.05) is 18.2 Å². The summed E-state index contributed by atoms with van der Waals surface area (Å²) in [5.74, 6) is 0.473. The number of aromatic nitrogens is 1. The van der Waals surface area contributed by atoms with E-state index in [9.17, 15) is 4.79 Å². The molecule has 2 rings (SSSR count). The van der Waals surface area contributed by atoms with E-state index in [-0.39, 0.29) is 5.91 Å². The summed E-state index contributed by atoms with van der Waals surface area (Å²) in [7, 11) is 0. The number of carbonyl (C=O) groups is 1. The maximum Gasteiger partial charge on any atom is 0.218 e. The average molecular weight is 220 g/mol. The lowest BCUT2D eigenvalue weighted by Gasteiger charge is -1.94. The SMILES string of the molecule is NC(=O)CCSc1cc2ccccc2[nH]1. The number of hydrogen-bond acceptors (Lipinski definition) is 2. The van der Waals surface area contributed by atoms with Gasteiger partial charge in [-0.1, -0.05) is 18.2 Å². The number of primary amides is 1. The molecule has 0 fully saturated rings. The van der Waals surface area contributed by atoms with Gasteiger partial charge in [0.2, 0.25) is 5.91 Å². The van der Waals surface area contributed by atoms with Crippen LogP contribution in [0.5, 0.6) is 0 Å². The van der Waals surface area contributed by atoms with Crippen molar-refractivity contribution < 1.29 is 4.79 Å². The topological polar surface area (TPSA) is 58.9 Å². The van der Waals surface area contributed by atoms with Crippen molar-refractivity contribution in [2.24, 2.45) is 5.73 Å². The smallest absolute Gasteiger partial charge is 0.218 e. The number of H-pyrrole nitrogens is 1. The van der Waals surface area contributed by atoms with Crippen LogP contribution in [0.25, 0.3) is 10.9 Å². The standard InChI is InChI=1S/C11H12N2OS/c12-10(14)5-6-15-11-7-8-3-1-2-4-9(8)13-11/h1-4,7,13H,5-6H2,(H2,12,14). The molecule has 78 valence electrons. The molecule has 0 aliphatic rings. The van der Waals surface area contributed by atoms with Gasteiger partial charge in [0.1, 0.15) is 0 Å². The van der Waals surface area contributed by atoms with Crippen LogP contribution in [-0.2, 0) is 4.79 Å². The van der Waals surface area contributed by atoms with Gasteiger partial charge in [-0.3, -0.25) is 4.79 Å². The number of fused-ring (bicyclic) bond motifs is 1. The Balaban J connectivity index is 2.05. The molecule has 4 heteroatoms. The fourth-order valence-corrected chi connectivity index (χ4v) is 2.30. The van der Waals surface area contributed by atoms with E-state index in [1.165, 1.54) is 5.39 Å². The summed E-state index contributed by atoms with van der Waals surface area (Å²) in [6.45, 7) is 0. The number of aromatic amines is 1. The first-order chi connectivity index (χ1) is 7.25. The molecule has 0 saturated heterocycles. The third-order valence-electron chi connectivity index (χ3n) is 2.11. The zero-order chi connectivity index (χ0) is 10.7. The van der Waals surface area contributed by atoms with E-state index in [0.29, 0.717) is 6.42 Å². The van der Waals surface area contributed by atoms with Crippen molar-refractivity contribution in [1.29, 1.82) is 0 Å². The van der Waals surface area contributed by atoms with Crippen LogP contribution >= 0.6 is 11.8 Å². The highest BCUT2D eigenvalue weighted by Gasteiger charge is 2.01. The molecule has 0 atom stereocenters. The molecule has 15 heavy (non-hydrogen) atoms. The Morgan fingerprint density at radius 3 is 2.93 bits per heavy atom. The van der Waals surface area contributed by atoms with Crippen LogP contribution in [0.2, 0.25) is 0 Å². The van der Waals surface area contributed by atoms with E-state index in [4.69, 9.17) is 5.73 Å². The van der Waals surface area contributed by atoms with Crippen LogP contribution < -0.4 is 5.73 Å². The van der Waals surface area contributed by atoms with Crippen molar-refractivity contribution in [2.75, 3.05) is 5.75 Å². The molecule has 0 spiro atoms. The Hall–Kier alpha value is -1.42. The largest absolute Gasteiger partial charge is 0.370 e. The molecule has 0 aliphatic carbocycles. The molecule has 3 nitrogen and oxygen atoms in total. The monoisotopic (exact) mass is 220 g/mol. The highest BCUT2D eigenvalue weighted by molar-refractivity contribution is 7.99. The molecule has 1 aromatic heterocycles.